The van der Waals surface area contributed by atoms with Crippen LogP contribution in [0.2, 0.25) is 10.0 Å². The highest BCUT2D eigenvalue weighted by Crippen LogP contribution is 2.35. The van der Waals surface area contributed by atoms with Crippen LogP contribution in [-0.4, -0.2) is 30.0 Å². The number of hydrogen-bond acceptors (Lipinski definition) is 2. The van der Waals surface area contributed by atoms with Gasteiger partial charge in [-0.1, -0.05) is 23.2 Å². The standard InChI is InChI=1S/C15H17Cl2NO2/c16-11-3-6-13(17)14(7-11)20-9-15(19)18(12-4-5-12)8-10-1-2-10/h3,6-7,10,12H,1-2,4-5,8-9H2. The summed E-state index contributed by atoms with van der Waals surface area (Å²) >= 11 is 11.9. The van der Waals surface area contributed by atoms with E-state index in [0.29, 0.717) is 27.8 Å². The summed E-state index contributed by atoms with van der Waals surface area (Å²) in [6, 6.07) is 5.44. The lowest BCUT2D eigenvalue weighted by Crippen LogP contribution is -2.38. The smallest absolute Gasteiger partial charge is 0.260 e. The highest BCUT2D eigenvalue weighted by molar-refractivity contribution is 6.34. The van der Waals surface area contributed by atoms with Gasteiger partial charge in [-0.15, -0.1) is 0 Å². The lowest BCUT2D eigenvalue weighted by atomic mass is 10.3. The number of nitrogens with zero attached hydrogens (tertiary/aromatic N) is 1. The molecule has 5 heteroatoms. The van der Waals surface area contributed by atoms with Crippen molar-refractivity contribution in [2.24, 2.45) is 5.92 Å². The molecule has 2 aliphatic rings. The lowest BCUT2D eigenvalue weighted by Gasteiger charge is -2.22. The molecule has 0 N–H and O–H groups in total. The third kappa shape index (κ3) is 3.58. The molecule has 1 amide bonds. The monoisotopic (exact) mass is 313 g/mol. The highest BCUT2D eigenvalue weighted by atomic mass is 35.5. The molecule has 0 bridgehead atoms. The fraction of sp³-hybridized carbons (Fsp3) is 0.533. The second-order valence-electron chi connectivity index (χ2n) is 5.58. The van der Waals surface area contributed by atoms with Crippen molar-refractivity contribution in [3.63, 3.8) is 0 Å². The molecular formula is C15H17Cl2NO2. The second kappa shape index (κ2) is 5.82. The van der Waals surface area contributed by atoms with E-state index in [1.165, 1.54) is 12.8 Å². The van der Waals surface area contributed by atoms with E-state index in [-0.39, 0.29) is 12.5 Å². The fourth-order valence-electron chi connectivity index (χ4n) is 2.23. The van der Waals surface area contributed by atoms with Crippen LogP contribution in [0.5, 0.6) is 5.75 Å². The molecule has 108 valence electrons. The molecule has 2 aliphatic carbocycles. The average Bonchev–Trinajstić information content (AvgIpc) is 3.28. The van der Waals surface area contributed by atoms with E-state index in [9.17, 15) is 4.79 Å². The van der Waals surface area contributed by atoms with Crippen molar-refractivity contribution in [3.8, 4) is 5.75 Å². The van der Waals surface area contributed by atoms with Crippen LogP contribution in [0, 0.1) is 5.92 Å². The van der Waals surface area contributed by atoms with Crippen LogP contribution in [0.15, 0.2) is 18.2 Å². The van der Waals surface area contributed by atoms with Gasteiger partial charge in [0.25, 0.3) is 5.91 Å². The van der Waals surface area contributed by atoms with Crippen LogP contribution in [0.3, 0.4) is 0 Å². The number of carbonyl (C=O) groups excluding carboxylic acids is 1. The SMILES string of the molecule is O=C(COc1cc(Cl)ccc1Cl)N(CC1CC1)C1CC1. The molecule has 3 nitrogen and oxygen atoms in total. The second-order valence-corrected chi connectivity index (χ2v) is 6.43. The lowest BCUT2D eigenvalue weighted by molar-refractivity contribution is -0.134. The molecule has 0 atom stereocenters. The summed E-state index contributed by atoms with van der Waals surface area (Å²) in [7, 11) is 0. The topological polar surface area (TPSA) is 29.5 Å². The van der Waals surface area contributed by atoms with Gasteiger partial charge in [-0.3, -0.25) is 4.79 Å². The Hall–Kier alpha value is -0.930. The van der Waals surface area contributed by atoms with E-state index < -0.39 is 0 Å². The van der Waals surface area contributed by atoms with E-state index in [1.807, 2.05) is 4.90 Å². The summed E-state index contributed by atoms with van der Waals surface area (Å²) in [6.07, 6.45) is 4.74. The highest BCUT2D eigenvalue weighted by Gasteiger charge is 2.36. The Labute approximate surface area is 128 Å². The van der Waals surface area contributed by atoms with Crippen molar-refractivity contribution in [2.75, 3.05) is 13.2 Å². The molecule has 0 unspecified atom stereocenters. The van der Waals surface area contributed by atoms with Crippen molar-refractivity contribution >= 4 is 29.1 Å². The maximum absolute atomic E-state index is 12.3. The molecule has 0 spiro atoms. The first kappa shape index (κ1) is 14.0. The number of carbonyl (C=O) groups is 1. The zero-order valence-corrected chi connectivity index (χ0v) is 12.7. The molecule has 0 aromatic heterocycles. The number of halogens is 2. The van der Waals surface area contributed by atoms with Crippen LogP contribution in [-0.2, 0) is 4.79 Å². The van der Waals surface area contributed by atoms with E-state index in [1.54, 1.807) is 18.2 Å². The molecule has 2 saturated carbocycles. The largest absolute Gasteiger partial charge is 0.482 e. The van der Waals surface area contributed by atoms with Gasteiger partial charge in [0, 0.05) is 23.7 Å². The minimum Gasteiger partial charge on any atom is -0.482 e. The zero-order chi connectivity index (χ0) is 14.1. The summed E-state index contributed by atoms with van der Waals surface area (Å²) in [5.74, 6) is 1.22. The summed E-state index contributed by atoms with van der Waals surface area (Å²) < 4.78 is 5.53. The molecule has 1 aromatic carbocycles. The number of rotatable bonds is 6. The fourth-order valence-corrected chi connectivity index (χ4v) is 2.56. The average molecular weight is 314 g/mol. The maximum atomic E-state index is 12.3. The number of benzene rings is 1. The van der Waals surface area contributed by atoms with Crippen LogP contribution < -0.4 is 4.74 Å². The minimum absolute atomic E-state index is 0.0310. The summed E-state index contributed by atoms with van der Waals surface area (Å²) in [4.78, 5) is 14.3. The summed E-state index contributed by atoms with van der Waals surface area (Å²) in [5, 5.41) is 1.02. The Bertz CT molecular complexity index is 513. The van der Waals surface area contributed by atoms with Gasteiger partial charge in [0.15, 0.2) is 6.61 Å². The Morgan fingerprint density at radius 2 is 2.00 bits per heavy atom. The normalized spacial score (nSPS) is 17.9. The van der Waals surface area contributed by atoms with Crippen LogP contribution in [0.1, 0.15) is 25.7 Å². The van der Waals surface area contributed by atoms with Gasteiger partial charge in [-0.25, -0.2) is 0 Å². The molecule has 0 radical (unpaired) electrons. The van der Waals surface area contributed by atoms with E-state index >= 15 is 0 Å². The van der Waals surface area contributed by atoms with E-state index in [2.05, 4.69) is 0 Å². The number of amides is 1. The first-order chi connectivity index (χ1) is 9.63. The van der Waals surface area contributed by atoms with Gasteiger partial charge in [0.2, 0.25) is 0 Å². The third-order valence-corrected chi connectivity index (χ3v) is 4.25. The third-order valence-electron chi connectivity index (χ3n) is 3.70. The minimum atomic E-state index is 0.0310. The number of ether oxygens (including phenoxy) is 1. The summed E-state index contributed by atoms with van der Waals surface area (Å²) in [5.41, 5.74) is 0. The van der Waals surface area contributed by atoms with Crippen molar-refractivity contribution in [1.29, 1.82) is 0 Å². The molecule has 0 saturated heterocycles. The predicted molar refractivity (Wildman–Crippen MR) is 79.4 cm³/mol. The van der Waals surface area contributed by atoms with Crippen molar-refractivity contribution in [2.45, 2.75) is 31.7 Å². The van der Waals surface area contributed by atoms with Gasteiger partial charge in [-0.2, -0.15) is 0 Å². The summed E-state index contributed by atoms with van der Waals surface area (Å²) in [6.45, 7) is 0.916. The van der Waals surface area contributed by atoms with E-state index in [0.717, 1.165) is 19.4 Å². The Balaban J connectivity index is 1.58. The molecule has 0 heterocycles. The van der Waals surface area contributed by atoms with Gasteiger partial charge < -0.3 is 9.64 Å². The molecule has 2 fully saturated rings. The number of hydrogen-bond donors (Lipinski definition) is 0. The van der Waals surface area contributed by atoms with Crippen molar-refractivity contribution in [1.82, 2.24) is 4.90 Å². The van der Waals surface area contributed by atoms with Crippen LogP contribution in [0.4, 0.5) is 0 Å². The quantitative estimate of drug-likeness (QED) is 0.800. The van der Waals surface area contributed by atoms with Crippen LogP contribution in [0.25, 0.3) is 0 Å². The molecule has 3 rings (SSSR count). The Morgan fingerprint density at radius 1 is 1.25 bits per heavy atom. The first-order valence-electron chi connectivity index (χ1n) is 7.01. The molecule has 0 aliphatic heterocycles. The predicted octanol–water partition coefficient (Wildman–Crippen LogP) is 3.77. The van der Waals surface area contributed by atoms with Crippen LogP contribution >= 0.6 is 23.2 Å². The van der Waals surface area contributed by atoms with Gasteiger partial charge in [0.05, 0.1) is 5.02 Å². The molecule has 20 heavy (non-hydrogen) atoms. The van der Waals surface area contributed by atoms with E-state index in [4.69, 9.17) is 27.9 Å². The maximum Gasteiger partial charge on any atom is 0.260 e. The van der Waals surface area contributed by atoms with Gasteiger partial charge in [0.1, 0.15) is 5.75 Å². The zero-order valence-electron chi connectivity index (χ0n) is 11.1. The first-order valence-corrected chi connectivity index (χ1v) is 7.76. The Kier molecular flexibility index (Phi) is 4.08. The van der Waals surface area contributed by atoms with Gasteiger partial charge in [-0.05, 0) is 43.7 Å². The van der Waals surface area contributed by atoms with Gasteiger partial charge >= 0.3 is 0 Å². The van der Waals surface area contributed by atoms with Crippen molar-refractivity contribution in [3.05, 3.63) is 28.2 Å². The van der Waals surface area contributed by atoms with Crippen molar-refractivity contribution < 1.29 is 9.53 Å². The molecule has 1 aromatic rings. The molecular weight excluding hydrogens is 297 g/mol. The Morgan fingerprint density at radius 3 is 2.65 bits per heavy atom.